The monoisotopic (exact) mass is 299 g/mol. The zero-order valence-corrected chi connectivity index (χ0v) is 13.1. The Labute approximate surface area is 125 Å². The first kappa shape index (κ1) is 17.6. The second kappa shape index (κ2) is 8.07. The third-order valence-electron chi connectivity index (χ3n) is 3.74. The SMILES string of the molecule is CCC(CO)(CO)NCc1c(OC)cc(OC)cc1OC. The topological polar surface area (TPSA) is 80.2 Å². The molecule has 0 aromatic heterocycles. The zero-order chi connectivity index (χ0) is 15.9. The van der Waals surface area contributed by atoms with Gasteiger partial charge in [-0.1, -0.05) is 6.92 Å². The van der Waals surface area contributed by atoms with Gasteiger partial charge in [-0.2, -0.15) is 0 Å². The molecule has 3 N–H and O–H groups in total. The van der Waals surface area contributed by atoms with Gasteiger partial charge < -0.3 is 29.7 Å². The molecule has 0 aliphatic carbocycles. The summed E-state index contributed by atoms with van der Waals surface area (Å²) < 4.78 is 15.9. The first-order valence-corrected chi connectivity index (χ1v) is 6.85. The lowest BCUT2D eigenvalue weighted by molar-refractivity contribution is 0.0860. The van der Waals surface area contributed by atoms with E-state index in [0.717, 1.165) is 5.56 Å². The summed E-state index contributed by atoms with van der Waals surface area (Å²) in [7, 11) is 4.72. The Morgan fingerprint density at radius 1 is 1.00 bits per heavy atom. The van der Waals surface area contributed by atoms with E-state index in [2.05, 4.69) is 5.32 Å². The fourth-order valence-corrected chi connectivity index (χ4v) is 2.04. The van der Waals surface area contributed by atoms with Gasteiger partial charge in [0.05, 0.1) is 45.6 Å². The minimum Gasteiger partial charge on any atom is -0.496 e. The first-order chi connectivity index (χ1) is 10.1. The minimum atomic E-state index is -0.726. The van der Waals surface area contributed by atoms with Gasteiger partial charge in [-0.15, -0.1) is 0 Å². The number of benzene rings is 1. The lowest BCUT2D eigenvalue weighted by Crippen LogP contribution is -2.50. The van der Waals surface area contributed by atoms with Crippen LogP contribution in [0.25, 0.3) is 0 Å². The Morgan fingerprint density at radius 3 is 1.86 bits per heavy atom. The van der Waals surface area contributed by atoms with Crippen LogP contribution in [0, 0.1) is 0 Å². The van der Waals surface area contributed by atoms with Crippen molar-refractivity contribution in [1.29, 1.82) is 0 Å². The predicted molar refractivity (Wildman–Crippen MR) is 80.1 cm³/mol. The van der Waals surface area contributed by atoms with E-state index >= 15 is 0 Å². The van der Waals surface area contributed by atoms with E-state index in [4.69, 9.17) is 14.2 Å². The van der Waals surface area contributed by atoms with Gasteiger partial charge in [0.15, 0.2) is 0 Å². The minimum absolute atomic E-state index is 0.152. The average Bonchev–Trinajstić information content (AvgIpc) is 2.55. The third-order valence-corrected chi connectivity index (χ3v) is 3.74. The maximum atomic E-state index is 9.48. The number of rotatable bonds is 9. The Kier molecular flexibility index (Phi) is 6.74. The van der Waals surface area contributed by atoms with Crippen molar-refractivity contribution in [1.82, 2.24) is 5.32 Å². The van der Waals surface area contributed by atoms with Crippen molar-refractivity contribution in [3.63, 3.8) is 0 Å². The molecule has 6 heteroatoms. The van der Waals surface area contributed by atoms with E-state index in [1.165, 1.54) is 0 Å². The molecule has 1 aromatic carbocycles. The van der Waals surface area contributed by atoms with E-state index in [9.17, 15) is 10.2 Å². The summed E-state index contributed by atoms with van der Waals surface area (Å²) in [6, 6.07) is 3.54. The first-order valence-electron chi connectivity index (χ1n) is 6.85. The summed E-state index contributed by atoms with van der Waals surface area (Å²) in [5.74, 6) is 1.89. The Bertz CT molecular complexity index is 412. The van der Waals surface area contributed by atoms with Gasteiger partial charge in [0.2, 0.25) is 0 Å². The van der Waals surface area contributed by atoms with Crippen LogP contribution in [-0.2, 0) is 6.54 Å². The molecule has 0 fully saturated rings. The number of aliphatic hydroxyl groups excluding tert-OH is 2. The van der Waals surface area contributed by atoms with E-state index < -0.39 is 5.54 Å². The molecule has 0 atom stereocenters. The van der Waals surface area contributed by atoms with Gasteiger partial charge in [0, 0.05) is 18.7 Å². The molecule has 0 aliphatic rings. The summed E-state index contributed by atoms with van der Waals surface area (Å²) in [6.45, 7) is 1.99. The highest BCUT2D eigenvalue weighted by atomic mass is 16.5. The number of hydrogen-bond donors (Lipinski definition) is 3. The van der Waals surface area contributed by atoms with Gasteiger partial charge in [-0.05, 0) is 6.42 Å². The fraction of sp³-hybridized carbons (Fsp3) is 0.600. The van der Waals surface area contributed by atoms with Crippen molar-refractivity contribution in [3.8, 4) is 17.2 Å². The maximum absolute atomic E-state index is 9.48. The van der Waals surface area contributed by atoms with Crippen molar-refractivity contribution < 1.29 is 24.4 Å². The van der Waals surface area contributed by atoms with Gasteiger partial charge in [0.25, 0.3) is 0 Å². The van der Waals surface area contributed by atoms with Gasteiger partial charge >= 0.3 is 0 Å². The van der Waals surface area contributed by atoms with Crippen LogP contribution in [0.3, 0.4) is 0 Å². The number of nitrogens with one attached hydrogen (secondary N) is 1. The molecule has 0 spiro atoms. The van der Waals surface area contributed by atoms with Crippen LogP contribution in [0.5, 0.6) is 17.2 Å². The summed E-state index contributed by atoms with van der Waals surface area (Å²) in [6.07, 6.45) is 0.598. The number of aliphatic hydroxyl groups is 2. The molecule has 0 unspecified atom stereocenters. The van der Waals surface area contributed by atoms with Crippen LogP contribution in [0.15, 0.2) is 12.1 Å². The van der Waals surface area contributed by atoms with Crippen molar-refractivity contribution >= 4 is 0 Å². The fourth-order valence-electron chi connectivity index (χ4n) is 2.04. The number of methoxy groups -OCH3 is 3. The van der Waals surface area contributed by atoms with E-state index in [1.54, 1.807) is 33.5 Å². The summed E-state index contributed by atoms with van der Waals surface area (Å²) >= 11 is 0. The molecule has 0 aliphatic heterocycles. The van der Waals surface area contributed by atoms with Crippen LogP contribution < -0.4 is 19.5 Å². The van der Waals surface area contributed by atoms with Crippen molar-refractivity contribution in [2.45, 2.75) is 25.4 Å². The second-order valence-corrected chi connectivity index (χ2v) is 4.81. The quantitative estimate of drug-likeness (QED) is 0.629. The van der Waals surface area contributed by atoms with Gasteiger partial charge in [0.1, 0.15) is 17.2 Å². The average molecular weight is 299 g/mol. The largest absolute Gasteiger partial charge is 0.496 e. The molecule has 0 radical (unpaired) electrons. The summed E-state index contributed by atoms with van der Waals surface area (Å²) in [5, 5.41) is 22.2. The third kappa shape index (κ3) is 4.00. The van der Waals surface area contributed by atoms with E-state index in [-0.39, 0.29) is 13.2 Å². The molecular formula is C15H25NO5. The smallest absolute Gasteiger partial charge is 0.130 e. The highest BCUT2D eigenvalue weighted by Gasteiger charge is 2.27. The summed E-state index contributed by atoms with van der Waals surface area (Å²) in [5.41, 5.74) is 0.0798. The Balaban J connectivity index is 3.06. The molecule has 120 valence electrons. The molecule has 6 nitrogen and oxygen atoms in total. The molecule has 0 saturated heterocycles. The summed E-state index contributed by atoms with van der Waals surface area (Å²) in [4.78, 5) is 0. The second-order valence-electron chi connectivity index (χ2n) is 4.81. The van der Waals surface area contributed by atoms with Crippen LogP contribution in [0.4, 0.5) is 0 Å². The highest BCUT2D eigenvalue weighted by molar-refractivity contribution is 5.50. The molecule has 1 rings (SSSR count). The number of hydrogen-bond acceptors (Lipinski definition) is 6. The molecule has 0 bridgehead atoms. The standard InChI is InChI=1S/C15H25NO5/c1-5-15(9-17,10-18)16-8-12-13(20-3)6-11(19-2)7-14(12)21-4/h6-7,16-18H,5,8-10H2,1-4H3. The Hall–Kier alpha value is -1.50. The van der Waals surface area contributed by atoms with E-state index in [0.29, 0.717) is 30.2 Å². The zero-order valence-electron chi connectivity index (χ0n) is 13.1. The molecule has 1 aromatic rings. The lowest BCUT2D eigenvalue weighted by atomic mass is 9.98. The maximum Gasteiger partial charge on any atom is 0.130 e. The van der Waals surface area contributed by atoms with Crippen molar-refractivity contribution in [2.24, 2.45) is 0 Å². The van der Waals surface area contributed by atoms with Crippen LogP contribution in [0.1, 0.15) is 18.9 Å². The molecule has 0 amide bonds. The van der Waals surface area contributed by atoms with Crippen LogP contribution >= 0.6 is 0 Å². The van der Waals surface area contributed by atoms with Crippen LogP contribution in [0.2, 0.25) is 0 Å². The number of ether oxygens (including phenoxy) is 3. The highest BCUT2D eigenvalue weighted by Crippen LogP contribution is 2.34. The molecule has 21 heavy (non-hydrogen) atoms. The van der Waals surface area contributed by atoms with Crippen molar-refractivity contribution in [3.05, 3.63) is 17.7 Å². The normalized spacial score (nSPS) is 11.3. The molecular weight excluding hydrogens is 274 g/mol. The van der Waals surface area contributed by atoms with Crippen LogP contribution in [-0.4, -0.2) is 50.3 Å². The molecule has 0 heterocycles. The van der Waals surface area contributed by atoms with Gasteiger partial charge in [-0.3, -0.25) is 0 Å². The van der Waals surface area contributed by atoms with Crippen molar-refractivity contribution in [2.75, 3.05) is 34.5 Å². The Morgan fingerprint density at radius 2 is 1.52 bits per heavy atom. The predicted octanol–water partition coefficient (Wildman–Crippen LogP) is 0.935. The molecule has 0 saturated carbocycles. The van der Waals surface area contributed by atoms with E-state index in [1.807, 2.05) is 6.92 Å². The van der Waals surface area contributed by atoms with Gasteiger partial charge in [-0.25, -0.2) is 0 Å². The lowest BCUT2D eigenvalue weighted by Gasteiger charge is -2.30.